The van der Waals surface area contributed by atoms with Gasteiger partial charge in [0.2, 0.25) is 0 Å². The van der Waals surface area contributed by atoms with E-state index in [0.29, 0.717) is 27.9 Å². The summed E-state index contributed by atoms with van der Waals surface area (Å²) >= 11 is 0. The van der Waals surface area contributed by atoms with Crippen LogP contribution in [0.3, 0.4) is 0 Å². The zero-order chi connectivity index (χ0) is 41.9. The van der Waals surface area contributed by atoms with E-state index in [1.54, 1.807) is 11.0 Å². The van der Waals surface area contributed by atoms with E-state index in [1.165, 1.54) is 0 Å². The molecular weight excluding hydrogens is 599 g/mol. The largest absolute Gasteiger partial charge is 0.456 e. The molecular formula is C46H29NO2. The number of nitrogens with zero attached hydrogens (tertiary/aromatic N) is 1. The standard InChI is InChI=1S/C46H29NO2/c1-2-9-30(10-3-1)31-17-23-35(24-18-31)47(41-14-8-16-44-45(41)39-27-21-33-11-4-5-12-37(33)46(39)49-44)36-25-19-32(20-26-36)34-22-28-43-40(29-34)38-13-6-7-15-42(38)48-43/h1-29H/i6D,7D,13D,15D,19D,20D,22D,25D,26D,28D,29D. The van der Waals surface area contributed by atoms with Crippen molar-refractivity contribution in [1.29, 1.82) is 0 Å². The highest BCUT2D eigenvalue weighted by Crippen LogP contribution is 2.45. The summed E-state index contributed by atoms with van der Waals surface area (Å²) in [7, 11) is 0. The maximum atomic E-state index is 9.60. The first kappa shape index (κ1) is 18.7. The van der Waals surface area contributed by atoms with Gasteiger partial charge in [-0.2, -0.15) is 0 Å². The van der Waals surface area contributed by atoms with Gasteiger partial charge in [0, 0.05) is 32.9 Å². The number of fused-ring (bicyclic) bond motifs is 8. The first-order valence-electron chi connectivity index (χ1n) is 21.2. The number of anilines is 3. The third-order valence-electron chi connectivity index (χ3n) is 8.81. The van der Waals surface area contributed by atoms with Crippen LogP contribution in [0.5, 0.6) is 0 Å². The van der Waals surface area contributed by atoms with Gasteiger partial charge in [-0.05, 0) is 88.2 Å². The van der Waals surface area contributed by atoms with E-state index in [1.807, 2.05) is 103 Å². The molecule has 2 heterocycles. The third kappa shape index (κ3) is 4.51. The summed E-state index contributed by atoms with van der Waals surface area (Å²) in [6.45, 7) is 0. The van der Waals surface area contributed by atoms with Gasteiger partial charge >= 0.3 is 0 Å². The topological polar surface area (TPSA) is 29.5 Å². The molecule has 0 saturated heterocycles. The van der Waals surface area contributed by atoms with Gasteiger partial charge in [-0.15, -0.1) is 0 Å². The van der Waals surface area contributed by atoms with E-state index in [0.717, 1.165) is 27.3 Å². The van der Waals surface area contributed by atoms with Gasteiger partial charge in [0.05, 0.1) is 26.2 Å². The molecule has 3 nitrogen and oxygen atoms in total. The minimum atomic E-state index is -0.620. The summed E-state index contributed by atoms with van der Waals surface area (Å²) in [4.78, 5) is 1.66. The Bertz CT molecular complexity index is 3420. The molecule has 10 rings (SSSR count). The Morgan fingerprint density at radius 2 is 1.18 bits per heavy atom. The van der Waals surface area contributed by atoms with Crippen LogP contribution in [-0.2, 0) is 0 Å². The van der Waals surface area contributed by atoms with Crippen molar-refractivity contribution in [2.24, 2.45) is 0 Å². The van der Waals surface area contributed by atoms with Crippen molar-refractivity contribution in [2.45, 2.75) is 0 Å². The predicted octanol–water partition coefficient (Wildman–Crippen LogP) is 13.4. The Morgan fingerprint density at radius 1 is 0.429 bits per heavy atom. The molecule has 0 aliphatic heterocycles. The molecule has 0 spiro atoms. The van der Waals surface area contributed by atoms with Crippen LogP contribution in [0.4, 0.5) is 17.1 Å². The van der Waals surface area contributed by atoms with Crippen molar-refractivity contribution in [3.8, 4) is 22.3 Å². The summed E-state index contributed by atoms with van der Waals surface area (Å²) in [6.07, 6.45) is 0. The zero-order valence-electron chi connectivity index (χ0n) is 36.7. The Balaban J connectivity index is 1.26. The summed E-state index contributed by atoms with van der Waals surface area (Å²) in [5.41, 5.74) is 2.56. The third-order valence-corrected chi connectivity index (χ3v) is 8.81. The molecule has 0 saturated carbocycles. The molecule has 3 heteroatoms. The molecule has 0 unspecified atom stereocenters. The van der Waals surface area contributed by atoms with Crippen molar-refractivity contribution < 1.29 is 23.9 Å². The molecule has 0 fully saturated rings. The second-order valence-electron chi connectivity index (χ2n) is 11.6. The van der Waals surface area contributed by atoms with E-state index in [9.17, 15) is 6.85 Å². The van der Waals surface area contributed by atoms with Gasteiger partial charge in [-0.25, -0.2) is 0 Å². The molecule has 8 aromatic carbocycles. The monoisotopic (exact) mass is 638 g/mol. The lowest BCUT2D eigenvalue weighted by molar-refractivity contribution is 0.669. The smallest absolute Gasteiger partial charge is 0.143 e. The highest BCUT2D eigenvalue weighted by atomic mass is 16.3. The molecule has 0 atom stereocenters. The van der Waals surface area contributed by atoms with Crippen molar-refractivity contribution in [3.05, 3.63) is 176 Å². The minimum Gasteiger partial charge on any atom is -0.456 e. The maximum Gasteiger partial charge on any atom is 0.143 e. The van der Waals surface area contributed by atoms with Gasteiger partial charge in [0.1, 0.15) is 22.3 Å². The molecule has 49 heavy (non-hydrogen) atoms. The second kappa shape index (κ2) is 11.0. The average molecular weight is 639 g/mol. The number of hydrogen-bond acceptors (Lipinski definition) is 3. The number of para-hydroxylation sites is 1. The molecule has 0 radical (unpaired) electrons. The van der Waals surface area contributed by atoms with Gasteiger partial charge in [0.25, 0.3) is 0 Å². The van der Waals surface area contributed by atoms with E-state index in [4.69, 9.17) is 17.1 Å². The van der Waals surface area contributed by atoms with E-state index < -0.39 is 77.6 Å². The Morgan fingerprint density at radius 3 is 2.06 bits per heavy atom. The first-order chi connectivity index (χ1) is 28.9. The highest BCUT2D eigenvalue weighted by Gasteiger charge is 2.20. The summed E-state index contributed by atoms with van der Waals surface area (Å²) < 4.78 is 111. The minimum absolute atomic E-state index is 0.114. The molecule has 2 aromatic heterocycles. The highest BCUT2D eigenvalue weighted by molar-refractivity contribution is 6.19. The SMILES string of the molecule is [2H]c1c([2H])c(N(c2ccc(-c3ccccc3)cc2)c2cccc3oc4c5ccccc5ccc4c23)c([2H])c([2H])c1-c1c([2H])c([2H])c2oc3c([2H])c([2H])c([2H])c([2H])c3c2c1[2H]. The fourth-order valence-corrected chi connectivity index (χ4v) is 6.51. The Kier molecular flexibility index (Phi) is 4.19. The number of rotatable bonds is 5. The van der Waals surface area contributed by atoms with Crippen molar-refractivity contribution in [2.75, 3.05) is 4.90 Å². The molecule has 0 amide bonds. The second-order valence-corrected chi connectivity index (χ2v) is 11.6. The van der Waals surface area contributed by atoms with Crippen LogP contribution in [0.1, 0.15) is 15.1 Å². The fraction of sp³-hybridized carbons (Fsp3) is 0. The Hall–Kier alpha value is -6.58. The molecule has 0 aliphatic rings. The van der Waals surface area contributed by atoms with Crippen LogP contribution < -0.4 is 4.90 Å². The van der Waals surface area contributed by atoms with Crippen LogP contribution in [-0.4, -0.2) is 0 Å². The normalized spacial score (nSPS) is 14.8. The number of hydrogen-bond donors (Lipinski definition) is 0. The van der Waals surface area contributed by atoms with Crippen molar-refractivity contribution in [1.82, 2.24) is 0 Å². The van der Waals surface area contributed by atoms with Gasteiger partial charge in [0.15, 0.2) is 0 Å². The molecule has 0 aliphatic carbocycles. The molecule has 0 bridgehead atoms. The van der Waals surface area contributed by atoms with Gasteiger partial charge in [-0.3, -0.25) is 0 Å². The van der Waals surface area contributed by atoms with E-state index in [2.05, 4.69) is 0 Å². The number of furan rings is 2. The fourth-order valence-electron chi connectivity index (χ4n) is 6.51. The molecule has 10 aromatic rings. The van der Waals surface area contributed by atoms with Crippen LogP contribution in [0.15, 0.2) is 184 Å². The lowest BCUT2D eigenvalue weighted by atomic mass is 10.0. The van der Waals surface area contributed by atoms with Crippen LogP contribution in [0.25, 0.3) is 76.9 Å². The summed E-state index contributed by atoms with van der Waals surface area (Å²) in [5.74, 6) is 0. The molecule has 0 N–H and O–H groups in total. The van der Waals surface area contributed by atoms with Crippen LogP contribution >= 0.6 is 0 Å². The zero-order valence-corrected chi connectivity index (χ0v) is 25.7. The van der Waals surface area contributed by atoms with Gasteiger partial charge < -0.3 is 13.7 Å². The first-order valence-corrected chi connectivity index (χ1v) is 15.7. The number of benzene rings is 8. The average Bonchev–Trinajstić information content (AvgIpc) is 3.87. The quantitative estimate of drug-likeness (QED) is 0.188. The maximum absolute atomic E-state index is 9.60. The van der Waals surface area contributed by atoms with Gasteiger partial charge in [-0.1, -0.05) is 115 Å². The summed E-state index contributed by atoms with van der Waals surface area (Å²) in [6, 6.07) is 28.5. The molecule has 230 valence electrons. The predicted molar refractivity (Wildman–Crippen MR) is 204 cm³/mol. The van der Waals surface area contributed by atoms with E-state index >= 15 is 0 Å². The van der Waals surface area contributed by atoms with Crippen LogP contribution in [0, 0.1) is 0 Å². The Labute approximate surface area is 298 Å². The lowest BCUT2D eigenvalue weighted by Gasteiger charge is -2.26. The van der Waals surface area contributed by atoms with Crippen molar-refractivity contribution >= 4 is 71.7 Å². The lowest BCUT2D eigenvalue weighted by Crippen LogP contribution is -2.10. The van der Waals surface area contributed by atoms with Crippen LogP contribution in [0.2, 0.25) is 0 Å². The van der Waals surface area contributed by atoms with Crippen molar-refractivity contribution in [3.63, 3.8) is 0 Å². The summed E-state index contributed by atoms with van der Waals surface area (Å²) in [5, 5.41) is 2.95. The van der Waals surface area contributed by atoms with E-state index in [-0.39, 0.29) is 27.6 Å².